The van der Waals surface area contributed by atoms with Crippen LogP contribution in [-0.4, -0.2) is 21.3 Å². The predicted molar refractivity (Wildman–Crippen MR) is 87.1 cm³/mol. The van der Waals surface area contributed by atoms with Crippen LogP contribution in [0.2, 0.25) is 0 Å². The second-order valence-electron chi connectivity index (χ2n) is 6.11. The standard InChI is InChI=1S/C18H16FNO2Si/c1-18(2,12-6-4-7-13(19)9-12)23-10-11-5-3-8-14-15(11)17(22)20-16(14)21/h3-9H,10H2,1-2H3,(H,20,21,22). The normalized spacial score (nSPS) is 13.9. The number of imide groups is 1. The predicted octanol–water partition coefficient (Wildman–Crippen LogP) is 2.85. The summed E-state index contributed by atoms with van der Waals surface area (Å²) in [4.78, 5) is 23.7. The summed E-state index contributed by atoms with van der Waals surface area (Å²) < 4.78 is 13.4. The van der Waals surface area contributed by atoms with Gasteiger partial charge >= 0.3 is 0 Å². The molecule has 2 aromatic rings. The number of hydrogen-bond acceptors (Lipinski definition) is 2. The summed E-state index contributed by atoms with van der Waals surface area (Å²) in [6, 6.07) is 12.6. The highest BCUT2D eigenvalue weighted by Gasteiger charge is 2.30. The van der Waals surface area contributed by atoms with Crippen LogP contribution in [0, 0.1) is 5.82 Å². The Kier molecular flexibility index (Phi) is 3.89. The van der Waals surface area contributed by atoms with Gasteiger partial charge in [-0.3, -0.25) is 14.9 Å². The highest BCUT2D eigenvalue weighted by Crippen LogP contribution is 2.26. The number of benzene rings is 2. The number of amides is 2. The molecule has 3 nitrogen and oxygen atoms in total. The van der Waals surface area contributed by atoms with Crippen molar-refractivity contribution in [3.8, 4) is 0 Å². The lowest BCUT2D eigenvalue weighted by molar-refractivity contribution is 0.0879. The number of rotatable bonds is 4. The van der Waals surface area contributed by atoms with Crippen LogP contribution in [0.4, 0.5) is 4.39 Å². The van der Waals surface area contributed by atoms with Gasteiger partial charge in [0.1, 0.15) is 5.82 Å². The first-order valence-electron chi connectivity index (χ1n) is 7.37. The first-order valence-corrected chi connectivity index (χ1v) is 8.58. The fraction of sp³-hybridized carbons (Fsp3) is 0.222. The third-order valence-electron chi connectivity index (χ3n) is 4.12. The monoisotopic (exact) mass is 325 g/mol. The smallest absolute Gasteiger partial charge is 0.259 e. The van der Waals surface area contributed by atoms with Crippen molar-refractivity contribution in [3.05, 3.63) is 70.5 Å². The minimum atomic E-state index is -0.334. The number of hydrogen-bond donors (Lipinski definition) is 1. The van der Waals surface area contributed by atoms with Gasteiger partial charge in [0, 0.05) is 0 Å². The van der Waals surface area contributed by atoms with E-state index >= 15 is 0 Å². The van der Waals surface area contributed by atoms with Crippen LogP contribution in [0.3, 0.4) is 0 Å². The van der Waals surface area contributed by atoms with E-state index in [0.29, 0.717) is 26.7 Å². The van der Waals surface area contributed by atoms with Crippen molar-refractivity contribution in [1.82, 2.24) is 5.32 Å². The third kappa shape index (κ3) is 2.96. The molecule has 0 aromatic heterocycles. The van der Waals surface area contributed by atoms with E-state index in [1.807, 2.05) is 12.1 Å². The molecule has 2 amide bonds. The van der Waals surface area contributed by atoms with Crippen LogP contribution in [0.25, 0.3) is 0 Å². The Morgan fingerprint density at radius 1 is 1.09 bits per heavy atom. The second-order valence-corrected chi connectivity index (χ2v) is 8.07. The summed E-state index contributed by atoms with van der Waals surface area (Å²) in [5, 5.41) is 2.13. The fourth-order valence-corrected chi connectivity index (χ4v) is 4.02. The average Bonchev–Trinajstić information content (AvgIpc) is 2.81. The molecule has 2 radical (unpaired) electrons. The minimum absolute atomic E-state index is 0.204. The summed E-state index contributed by atoms with van der Waals surface area (Å²) >= 11 is 0. The zero-order valence-corrected chi connectivity index (χ0v) is 13.9. The van der Waals surface area contributed by atoms with Crippen molar-refractivity contribution < 1.29 is 14.0 Å². The molecule has 23 heavy (non-hydrogen) atoms. The summed E-state index contributed by atoms with van der Waals surface area (Å²) in [6.07, 6.45) is 0. The first kappa shape index (κ1) is 15.6. The first-order chi connectivity index (χ1) is 10.9. The van der Waals surface area contributed by atoms with Gasteiger partial charge in [0.15, 0.2) is 0 Å². The van der Waals surface area contributed by atoms with Gasteiger partial charge < -0.3 is 0 Å². The second kappa shape index (κ2) is 5.74. The van der Waals surface area contributed by atoms with Crippen LogP contribution >= 0.6 is 0 Å². The van der Waals surface area contributed by atoms with Crippen LogP contribution in [-0.2, 0) is 11.1 Å². The van der Waals surface area contributed by atoms with Crippen LogP contribution < -0.4 is 5.32 Å². The Hall–Kier alpha value is -2.27. The number of halogens is 1. The number of nitrogens with one attached hydrogen (secondary N) is 1. The average molecular weight is 325 g/mol. The van der Waals surface area contributed by atoms with Crippen LogP contribution in [0.5, 0.6) is 0 Å². The third-order valence-corrected chi connectivity index (χ3v) is 5.85. The summed E-state index contributed by atoms with van der Waals surface area (Å²) in [5.41, 5.74) is 2.73. The topological polar surface area (TPSA) is 46.2 Å². The summed E-state index contributed by atoms with van der Waals surface area (Å²) in [6.45, 7) is 4.13. The lowest BCUT2D eigenvalue weighted by atomic mass is 10.0. The Labute approximate surface area is 136 Å². The van der Waals surface area contributed by atoms with Crippen molar-refractivity contribution in [1.29, 1.82) is 0 Å². The number of carbonyl (C=O) groups excluding carboxylic acids is 2. The highest BCUT2D eigenvalue weighted by molar-refractivity contribution is 6.40. The van der Waals surface area contributed by atoms with E-state index < -0.39 is 0 Å². The summed E-state index contributed by atoms with van der Waals surface area (Å²) in [7, 11) is 0.458. The molecule has 0 saturated heterocycles. The van der Waals surface area contributed by atoms with Gasteiger partial charge in [-0.2, -0.15) is 0 Å². The number of fused-ring (bicyclic) bond motifs is 1. The highest BCUT2D eigenvalue weighted by atomic mass is 28.2. The van der Waals surface area contributed by atoms with Gasteiger partial charge in [-0.15, -0.1) is 0 Å². The Morgan fingerprint density at radius 2 is 1.83 bits per heavy atom. The molecule has 0 aliphatic carbocycles. The van der Waals surface area contributed by atoms with Gasteiger partial charge in [0.05, 0.1) is 20.6 Å². The lowest BCUT2D eigenvalue weighted by Crippen LogP contribution is -2.28. The van der Waals surface area contributed by atoms with E-state index in [1.54, 1.807) is 24.3 Å². The van der Waals surface area contributed by atoms with E-state index in [2.05, 4.69) is 19.2 Å². The quantitative estimate of drug-likeness (QED) is 0.694. The van der Waals surface area contributed by atoms with E-state index in [0.717, 1.165) is 11.1 Å². The molecule has 1 N–H and O–H groups in total. The molecule has 0 atom stereocenters. The maximum absolute atomic E-state index is 13.4. The maximum atomic E-state index is 13.4. The lowest BCUT2D eigenvalue weighted by Gasteiger charge is -2.25. The molecule has 0 spiro atoms. The Morgan fingerprint density at radius 3 is 2.57 bits per heavy atom. The zero-order valence-electron chi connectivity index (χ0n) is 12.9. The van der Waals surface area contributed by atoms with Gasteiger partial charge in [-0.25, -0.2) is 4.39 Å². The molecule has 1 aliphatic heterocycles. The van der Waals surface area contributed by atoms with Crippen molar-refractivity contribution in [2.24, 2.45) is 0 Å². The Bertz CT molecular complexity index is 801. The van der Waals surface area contributed by atoms with Crippen LogP contribution in [0.15, 0.2) is 42.5 Å². The molecule has 0 fully saturated rings. The minimum Gasteiger partial charge on any atom is -0.288 e. The molecule has 1 aliphatic rings. The molecule has 1 heterocycles. The summed E-state index contributed by atoms with van der Waals surface area (Å²) in [5.74, 6) is -0.903. The molecule has 3 rings (SSSR count). The van der Waals surface area contributed by atoms with Crippen LogP contribution in [0.1, 0.15) is 45.7 Å². The Balaban J connectivity index is 1.84. The molecule has 116 valence electrons. The van der Waals surface area contributed by atoms with E-state index in [1.165, 1.54) is 6.07 Å². The van der Waals surface area contributed by atoms with E-state index in [9.17, 15) is 14.0 Å². The van der Waals surface area contributed by atoms with Gasteiger partial charge in [0.2, 0.25) is 0 Å². The van der Waals surface area contributed by atoms with Crippen molar-refractivity contribution in [2.75, 3.05) is 0 Å². The zero-order chi connectivity index (χ0) is 16.6. The molecule has 0 bridgehead atoms. The SMILES string of the molecule is CC(C)([Si]Cc1cccc2c1C(=O)NC2=O)c1cccc(F)c1. The molecule has 2 aromatic carbocycles. The molecule has 5 heteroatoms. The van der Waals surface area contributed by atoms with E-state index in [4.69, 9.17) is 0 Å². The largest absolute Gasteiger partial charge is 0.288 e. The van der Waals surface area contributed by atoms with Crippen molar-refractivity contribution >= 4 is 21.3 Å². The molecule has 0 saturated carbocycles. The molecular formula is C18H16FNO2Si. The maximum Gasteiger partial charge on any atom is 0.259 e. The van der Waals surface area contributed by atoms with Crippen molar-refractivity contribution in [2.45, 2.75) is 24.9 Å². The molecule has 0 unspecified atom stereocenters. The fourth-order valence-electron chi connectivity index (χ4n) is 2.73. The molecular weight excluding hydrogens is 309 g/mol. The van der Waals surface area contributed by atoms with Gasteiger partial charge in [-0.05, 0) is 40.4 Å². The van der Waals surface area contributed by atoms with Gasteiger partial charge in [-0.1, -0.05) is 38.1 Å². The number of carbonyl (C=O) groups is 2. The van der Waals surface area contributed by atoms with Gasteiger partial charge in [0.25, 0.3) is 11.8 Å². The van der Waals surface area contributed by atoms with Crippen molar-refractivity contribution in [3.63, 3.8) is 0 Å². The van der Waals surface area contributed by atoms with E-state index in [-0.39, 0.29) is 22.7 Å².